The number of hydrogen-bond donors (Lipinski definition) is 3. The second-order valence-electron chi connectivity index (χ2n) is 3.98. The van der Waals surface area contributed by atoms with Crippen LogP contribution in [-0.2, 0) is 14.3 Å². The van der Waals surface area contributed by atoms with E-state index in [2.05, 4.69) is 5.32 Å². The monoisotopic (exact) mass is 230 g/mol. The highest BCUT2D eigenvalue weighted by Gasteiger charge is 2.43. The fourth-order valence-electron chi connectivity index (χ4n) is 1.64. The Balaban J connectivity index is 2.43. The van der Waals surface area contributed by atoms with Crippen molar-refractivity contribution in [3.8, 4) is 0 Å². The zero-order valence-corrected chi connectivity index (χ0v) is 9.20. The van der Waals surface area contributed by atoms with Crippen LogP contribution in [0.25, 0.3) is 0 Å². The van der Waals surface area contributed by atoms with E-state index in [0.29, 0.717) is 32.4 Å². The van der Waals surface area contributed by atoms with Crippen molar-refractivity contribution in [2.75, 3.05) is 19.8 Å². The van der Waals surface area contributed by atoms with Gasteiger partial charge in [-0.2, -0.15) is 0 Å². The SMILES string of the molecule is NCCCCC(=O)NC1(C(=O)O)CCOC1. The van der Waals surface area contributed by atoms with Crippen molar-refractivity contribution in [1.82, 2.24) is 5.32 Å². The number of aliphatic carboxylic acids is 1. The Morgan fingerprint density at radius 1 is 1.44 bits per heavy atom. The van der Waals surface area contributed by atoms with E-state index in [-0.39, 0.29) is 12.5 Å². The Kier molecular flexibility index (Phi) is 4.70. The molecule has 0 bridgehead atoms. The van der Waals surface area contributed by atoms with Crippen LogP contribution < -0.4 is 11.1 Å². The Hall–Kier alpha value is -1.14. The molecule has 6 heteroatoms. The lowest BCUT2D eigenvalue weighted by atomic mass is 9.98. The minimum Gasteiger partial charge on any atom is -0.479 e. The number of rotatable bonds is 6. The molecule has 6 nitrogen and oxygen atoms in total. The molecule has 1 saturated heterocycles. The van der Waals surface area contributed by atoms with E-state index in [1.54, 1.807) is 0 Å². The first-order chi connectivity index (χ1) is 7.60. The number of unbranched alkanes of at least 4 members (excludes halogenated alkanes) is 1. The maximum Gasteiger partial charge on any atom is 0.331 e. The predicted molar refractivity (Wildman–Crippen MR) is 56.9 cm³/mol. The molecular formula is C10H18N2O4. The molecule has 1 atom stereocenters. The minimum atomic E-state index is -1.22. The van der Waals surface area contributed by atoms with E-state index in [9.17, 15) is 9.59 Å². The second-order valence-corrected chi connectivity index (χ2v) is 3.98. The summed E-state index contributed by atoms with van der Waals surface area (Å²) >= 11 is 0. The van der Waals surface area contributed by atoms with Gasteiger partial charge >= 0.3 is 5.97 Å². The van der Waals surface area contributed by atoms with E-state index in [0.717, 1.165) is 6.42 Å². The molecule has 0 aromatic heterocycles. The highest BCUT2D eigenvalue weighted by molar-refractivity contribution is 5.87. The first-order valence-corrected chi connectivity index (χ1v) is 5.43. The molecular weight excluding hydrogens is 212 g/mol. The van der Waals surface area contributed by atoms with Gasteiger partial charge in [-0.3, -0.25) is 4.79 Å². The quantitative estimate of drug-likeness (QED) is 0.533. The zero-order chi connectivity index (χ0) is 12.0. The number of nitrogens with two attached hydrogens (primary N) is 1. The number of carbonyl (C=O) groups is 2. The third kappa shape index (κ3) is 3.18. The van der Waals surface area contributed by atoms with Gasteiger partial charge in [0.1, 0.15) is 0 Å². The molecule has 0 aliphatic carbocycles. The van der Waals surface area contributed by atoms with Crippen molar-refractivity contribution in [2.45, 2.75) is 31.2 Å². The van der Waals surface area contributed by atoms with E-state index >= 15 is 0 Å². The van der Waals surface area contributed by atoms with E-state index < -0.39 is 11.5 Å². The predicted octanol–water partition coefficient (Wildman–Crippen LogP) is -0.525. The average Bonchev–Trinajstić information content (AvgIpc) is 2.68. The van der Waals surface area contributed by atoms with Crippen molar-refractivity contribution >= 4 is 11.9 Å². The van der Waals surface area contributed by atoms with Crippen LogP contribution >= 0.6 is 0 Å². The highest BCUT2D eigenvalue weighted by Crippen LogP contribution is 2.19. The van der Waals surface area contributed by atoms with Crippen LogP contribution in [0.2, 0.25) is 0 Å². The molecule has 1 amide bonds. The lowest BCUT2D eigenvalue weighted by Gasteiger charge is -2.23. The molecule has 0 spiro atoms. The summed E-state index contributed by atoms with van der Waals surface area (Å²) in [7, 11) is 0. The number of ether oxygens (including phenoxy) is 1. The smallest absolute Gasteiger partial charge is 0.331 e. The number of carboxylic acid groups (broad SMARTS) is 1. The first-order valence-electron chi connectivity index (χ1n) is 5.43. The lowest BCUT2D eigenvalue weighted by molar-refractivity contribution is -0.147. The Labute approximate surface area is 94.1 Å². The topological polar surface area (TPSA) is 102 Å². The number of nitrogens with one attached hydrogen (secondary N) is 1. The number of carboxylic acids is 1. The molecule has 16 heavy (non-hydrogen) atoms. The van der Waals surface area contributed by atoms with Crippen LogP contribution in [0.5, 0.6) is 0 Å². The fourth-order valence-corrected chi connectivity index (χ4v) is 1.64. The van der Waals surface area contributed by atoms with Crippen LogP contribution in [0, 0.1) is 0 Å². The summed E-state index contributed by atoms with van der Waals surface area (Å²) in [6.07, 6.45) is 2.08. The highest BCUT2D eigenvalue weighted by atomic mass is 16.5. The molecule has 0 aromatic carbocycles. The fraction of sp³-hybridized carbons (Fsp3) is 0.800. The minimum absolute atomic E-state index is 0.0466. The number of amides is 1. The van der Waals surface area contributed by atoms with Gasteiger partial charge in [-0.05, 0) is 19.4 Å². The molecule has 1 aliphatic heterocycles. The van der Waals surface area contributed by atoms with Gasteiger partial charge < -0.3 is 20.9 Å². The zero-order valence-electron chi connectivity index (χ0n) is 9.20. The Morgan fingerprint density at radius 3 is 2.69 bits per heavy atom. The van der Waals surface area contributed by atoms with E-state index in [1.807, 2.05) is 0 Å². The molecule has 1 heterocycles. The average molecular weight is 230 g/mol. The standard InChI is InChI=1S/C10H18N2O4/c11-5-2-1-3-8(13)12-10(9(14)15)4-6-16-7-10/h1-7,11H2,(H,12,13)(H,14,15). The normalized spacial score (nSPS) is 24.3. The first kappa shape index (κ1) is 12.9. The van der Waals surface area contributed by atoms with Crippen molar-refractivity contribution in [3.05, 3.63) is 0 Å². The van der Waals surface area contributed by atoms with Crippen molar-refractivity contribution in [3.63, 3.8) is 0 Å². The molecule has 1 rings (SSSR count). The van der Waals surface area contributed by atoms with Crippen molar-refractivity contribution in [2.24, 2.45) is 5.73 Å². The summed E-state index contributed by atoms with van der Waals surface area (Å²) in [5.74, 6) is -1.28. The van der Waals surface area contributed by atoms with E-state index in [4.69, 9.17) is 15.6 Å². The van der Waals surface area contributed by atoms with Gasteiger partial charge in [-0.1, -0.05) is 0 Å². The molecule has 0 saturated carbocycles. The Morgan fingerprint density at radius 2 is 2.19 bits per heavy atom. The van der Waals surface area contributed by atoms with Gasteiger partial charge in [-0.25, -0.2) is 4.79 Å². The maximum absolute atomic E-state index is 11.5. The Bertz CT molecular complexity index is 262. The molecule has 0 radical (unpaired) electrons. The third-order valence-corrected chi connectivity index (χ3v) is 2.67. The summed E-state index contributed by atoms with van der Waals surface area (Å²) in [5.41, 5.74) is 4.08. The van der Waals surface area contributed by atoms with Crippen LogP contribution in [0.3, 0.4) is 0 Å². The molecule has 1 aliphatic rings. The third-order valence-electron chi connectivity index (χ3n) is 2.67. The van der Waals surface area contributed by atoms with Crippen molar-refractivity contribution in [1.29, 1.82) is 0 Å². The summed E-state index contributed by atoms with van der Waals surface area (Å²) in [4.78, 5) is 22.6. The van der Waals surface area contributed by atoms with Gasteiger partial charge in [0.25, 0.3) is 0 Å². The van der Waals surface area contributed by atoms with Gasteiger partial charge in [0.15, 0.2) is 5.54 Å². The molecule has 1 fully saturated rings. The molecule has 92 valence electrons. The van der Waals surface area contributed by atoms with Crippen LogP contribution in [0.15, 0.2) is 0 Å². The largest absolute Gasteiger partial charge is 0.479 e. The van der Waals surface area contributed by atoms with Crippen molar-refractivity contribution < 1.29 is 19.4 Å². The number of hydrogen-bond acceptors (Lipinski definition) is 4. The summed E-state index contributed by atoms with van der Waals surface area (Å²) in [6.45, 7) is 0.959. The molecule has 4 N–H and O–H groups in total. The second kappa shape index (κ2) is 5.81. The van der Waals surface area contributed by atoms with Gasteiger partial charge in [-0.15, -0.1) is 0 Å². The summed E-state index contributed by atoms with van der Waals surface area (Å²) in [6, 6.07) is 0. The van der Waals surface area contributed by atoms with Gasteiger partial charge in [0.05, 0.1) is 6.61 Å². The number of carbonyl (C=O) groups excluding carboxylic acids is 1. The molecule has 1 unspecified atom stereocenters. The summed E-state index contributed by atoms with van der Waals surface area (Å²) < 4.78 is 5.03. The van der Waals surface area contributed by atoms with Crippen LogP contribution in [0.1, 0.15) is 25.7 Å². The van der Waals surface area contributed by atoms with E-state index in [1.165, 1.54) is 0 Å². The lowest BCUT2D eigenvalue weighted by Crippen LogP contribution is -2.55. The van der Waals surface area contributed by atoms with Gasteiger partial charge in [0.2, 0.25) is 5.91 Å². The summed E-state index contributed by atoms with van der Waals surface area (Å²) in [5, 5.41) is 11.6. The van der Waals surface area contributed by atoms with Crippen LogP contribution in [0.4, 0.5) is 0 Å². The van der Waals surface area contributed by atoms with Crippen LogP contribution in [-0.4, -0.2) is 42.3 Å². The maximum atomic E-state index is 11.5. The molecule has 0 aromatic rings. The van der Waals surface area contributed by atoms with Gasteiger partial charge in [0, 0.05) is 19.4 Å².